The molecule has 3 aliphatic carbocycles. The summed E-state index contributed by atoms with van der Waals surface area (Å²) in [6.07, 6.45) is 2.58. The molecule has 0 aromatic rings. The Labute approximate surface area is 187 Å². The molecule has 0 unspecified atom stereocenters. The van der Waals surface area contributed by atoms with Gasteiger partial charge in [0.05, 0.1) is 11.0 Å². The van der Waals surface area contributed by atoms with Crippen LogP contribution in [0.2, 0.25) is 0 Å². The van der Waals surface area contributed by atoms with Gasteiger partial charge in [0.2, 0.25) is 0 Å². The molecular formula is C25H30O7. The lowest BCUT2D eigenvalue weighted by molar-refractivity contribution is -0.172. The van der Waals surface area contributed by atoms with Gasteiger partial charge in [-0.25, -0.2) is 4.79 Å². The summed E-state index contributed by atoms with van der Waals surface area (Å²) in [5, 5.41) is 24.0. The van der Waals surface area contributed by atoms with Crippen molar-refractivity contribution in [2.45, 2.75) is 77.3 Å². The van der Waals surface area contributed by atoms with Gasteiger partial charge in [-0.15, -0.1) is 0 Å². The van der Waals surface area contributed by atoms with Crippen molar-refractivity contribution in [3.05, 3.63) is 35.5 Å². The lowest BCUT2D eigenvalue weighted by Crippen LogP contribution is -2.64. The SMILES string of the molecule is C=C1[C@@]2(C)C[C@@H]3[C@@](C)(O)C4=CC(=O)OC(C)(C)C4=CC[C@]3(C)[C@@]13C(=O)O[C@@H](C)[C@@]3(O)C2=O. The molecule has 0 amide bonds. The van der Waals surface area contributed by atoms with Gasteiger partial charge in [0, 0.05) is 17.4 Å². The highest BCUT2D eigenvalue weighted by atomic mass is 16.6. The number of carbonyl (C=O) groups excluding carboxylic acids is 3. The van der Waals surface area contributed by atoms with Gasteiger partial charge >= 0.3 is 11.9 Å². The molecule has 5 rings (SSSR count). The quantitative estimate of drug-likeness (QED) is 0.437. The minimum atomic E-state index is -2.08. The van der Waals surface area contributed by atoms with Crippen LogP contribution in [0.4, 0.5) is 0 Å². The highest BCUT2D eigenvalue weighted by Crippen LogP contribution is 2.78. The number of fused-ring (bicyclic) bond motifs is 3. The van der Waals surface area contributed by atoms with E-state index in [1.54, 1.807) is 27.7 Å². The van der Waals surface area contributed by atoms with Crippen LogP contribution in [-0.4, -0.2) is 50.8 Å². The van der Waals surface area contributed by atoms with Crippen molar-refractivity contribution >= 4 is 17.7 Å². The third-order valence-electron chi connectivity index (χ3n) is 9.47. The van der Waals surface area contributed by atoms with Gasteiger partial charge in [0.15, 0.2) is 11.4 Å². The normalized spacial score (nSPS) is 51.0. The van der Waals surface area contributed by atoms with Crippen molar-refractivity contribution < 1.29 is 34.1 Å². The van der Waals surface area contributed by atoms with Crippen molar-refractivity contribution in [1.29, 1.82) is 0 Å². The number of hydrogen-bond donors (Lipinski definition) is 2. The first kappa shape index (κ1) is 21.6. The summed E-state index contributed by atoms with van der Waals surface area (Å²) in [7, 11) is 0. The molecule has 5 aliphatic rings. The van der Waals surface area contributed by atoms with Crippen molar-refractivity contribution in [3.8, 4) is 0 Å². The van der Waals surface area contributed by atoms with Gasteiger partial charge in [-0.1, -0.05) is 19.6 Å². The highest BCUT2D eigenvalue weighted by Gasteiger charge is 2.88. The fourth-order valence-corrected chi connectivity index (χ4v) is 7.84. The number of carbonyl (C=O) groups is 3. The fourth-order valence-electron chi connectivity index (χ4n) is 7.84. The molecule has 172 valence electrons. The van der Waals surface area contributed by atoms with Crippen molar-refractivity contribution in [2.75, 3.05) is 0 Å². The Morgan fingerprint density at radius 3 is 2.31 bits per heavy atom. The topological polar surface area (TPSA) is 110 Å². The van der Waals surface area contributed by atoms with E-state index < -0.39 is 62.8 Å². The predicted octanol–water partition coefficient (Wildman–Crippen LogP) is 2.16. The average Bonchev–Trinajstić information content (AvgIpc) is 2.88. The molecule has 32 heavy (non-hydrogen) atoms. The van der Waals surface area contributed by atoms with Crippen LogP contribution in [0.3, 0.4) is 0 Å². The average molecular weight is 443 g/mol. The third kappa shape index (κ3) is 1.84. The molecule has 2 N–H and O–H groups in total. The Morgan fingerprint density at radius 1 is 1.06 bits per heavy atom. The Morgan fingerprint density at radius 2 is 1.69 bits per heavy atom. The summed E-state index contributed by atoms with van der Waals surface area (Å²) in [6, 6.07) is 0. The number of rotatable bonds is 0. The summed E-state index contributed by atoms with van der Waals surface area (Å²) in [5.74, 6) is -2.37. The van der Waals surface area contributed by atoms with Crippen molar-refractivity contribution in [2.24, 2.45) is 22.2 Å². The van der Waals surface area contributed by atoms with E-state index in [4.69, 9.17) is 9.47 Å². The van der Waals surface area contributed by atoms with E-state index >= 15 is 0 Å². The molecule has 7 heteroatoms. The second-order valence-corrected chi connectivity index (χ2v) is 11.3. The van der Waals surface area contributed by atoms with Crippen molar-refractivity contribution in [1.82, 2.24) is 0 Å². The maximum atomic E-state index is 13.8. The predicted molar refractivity (Wildman–Crippen MR) is 113 cm³/mol. The van der Waals surface area contributed by atoms with Crippen molar-refractivity contribution in [3.63, 3.8) is 0 Å². The molecule has 2 aliphatic heterocycles. The van der Waals surface area contributed by atoms with Crippen LogP contribution >= 0.6 is 0 Å². The largest absolute Gasteiger partial charge is 0.458 e. The minimum Gasteiger partial charge on any atom is -0.458 e. The number of allylic oxidation sites excluding steroid dienone is 1. The van der Waals surface area contributed by atoms with Crippen LogP contribution in [0.1, 0.15) is 54.4 Å². The number of aliphatic hydroxyl groups is 2. The van der Waals surface area contributed by atoms with Crippen LogP contribution in [0.15, 0.2) is 35.5 Å². The van der Waals surface area contributed by atoms with Gasteiger partial charge in [0.25, 0.3) is 0 Å². The van der Waals surface area contributed by atoms with Gasteiger partial charge in [-0.3, -0.25) is 9.59 Å². The second-order valence-electron chi connectivity index (χ2n) is 11.3. The number of ketones is 1. The number of Topliss-reactive ketones (excluding diaryl/α,β-unsaturated/α-hetero) is 1. The zero-order valence-corrected chi connectivity index (χ0v) is 19.4. The maximum absolute atomic E-state index is 13.8. The van der Waals surface area contributed by atoms with E-state index in [1.165, 1.54) is 13.0 Å². The molecule has 2 bridgehead atoms. The van der Waals surface area contributed by atoms with Gasteiger partial charge in [-0.05, 0) is 64.2 Å². The van der Waals surface area contributed by atoms with Crippen LogP contribution < -0.4 is 0 Å². The first-order valence-electron chi connectivity index (χ1n) is 11.1. The first-order chi connectivity index (χ1) is 14.5. The standard InChI is InChI=1S/C25H30O7/c1-12-21(5)11-16-22(6,24(12)19(28)31-13(2)25(24,30)18(21)27)9-8-14-15(23(16,7)29)10-17(26)32-20(14,3)4/h8,10,13,16,29-30H,1,9,11H2,2-7H3/t13-,16-,21+,22-,23-,24-,25+/m0/s1. The molecule has 7 atom stereocenters. The minimum absolute atomic E-state index is 0.187. The summed E-state index contributed by atoms with van der Waals surface area (Å²) >= 11 is 0. The van der Waals surface area contributed by atoms with E-state index in [0.29, 0.717) is 16.7 Å². The molecule has 3 fully saturated rings. The molecule has 1 saturated heterocycles. The van der Waals surface area contributed by atoms with E-state index in [1.807, 2.05) is 13.0 Å². The smallest absolute Gasteiger partial charge is 0.332 e. The molecule has 7 nitrogen and oxygen atoms in total. The van der Waals surface area contributed by atoms with Gasteiger partial charge in [-0.2, -0.15) is 0 Å². The van der Waals surface area contributed by atoms with Crippen LogP contribution in [0.5, 0.6) is 0 Å². The molecule has 0 aromatic carbocycles. The Hall–Kier alpha value is -2.25. The van der Waals surface area contributed by atoms with Gasteiger partial charge < -0.3 is 19.7 Å². The van der Waals surface area contributed by atoms with Gasteiger partial charge in [0.1, 0.15) is 17.1 Å². The number of ether oxygens (including phenoxy) is 2. The summed E-state index contributed by atoms with van der Waals surface area (Å²) in [5.41, 5.74) is -7.25. The maximum Gasteiger partial charge on any atom is 0.332 e. The third-order valence-corrected chi connectivity index (χ3v) is 9.47. The summed E-state index contributed by atoms with van der Waals surface area (Å²) in [4.78, 5) is 39.7. The van der Waals surface area contributed by atoms with Crippen LogP contribution in [0.25, 0.3) is 0 Å². The molecule has 1 spiro atoms. The van der Waals surface area contributed by atoms with Crippen LogP contribution in [0, 0.1) is 22.2 Å². The molecule has 2 saturated carbocycles. The molecular weight excluding hydrogens is 412 g/mol. The highest BCUT2D eigenvalue weighted by molar-refractivity contribution is 6.10. The Balaban J connectivity index is 1.86. The Bertz CT molecular complexity index is 1090. The summed E-state index contributed by atoms with van der Waals surface area (Å²) in [6.45, 7) is 14.4. The zero-order chi connectivity index (χ0) is 23.9. The van der Waals surface area contributed by atoms with E-state index in [0.717, 1.165) is 0 Å². The fraction of sp³-hybridized carbons (Fsp3) is 0.640. The molecule has 0 aromatic heterocycles. The lowest BCUT2D eigenvalue weighted by atomic mass is 9.43. The molecule has 2 heterocycles. The van der Waals surface area contributed by atoms with Crippen LogP contribution in [-0.2, 0) is 23.9 Å². The lowest BCUT2D eigenvalue weighted by Gasteiger charge is -2.58. The number of esters is 2. The van der Waals surface area contributed by atoms with E-state index in [9.17, 15) is 24.6 Å². The van der Waals surface area contributed by atoms with E-state index in [2.05, 4.69) is 6.58 Å². The first-order valence-corrected chi connectivity index (χ1v) is 11.1. The van der Waals surface area contributed by atoms with E-state index in [-0.39, 0.29) is 12.8 Å². The zero-order valence-electron chi connectivity index (χ0n) is 19.4. The molecule has 0 radical (unpaired) electrons. The summed E-state index contributed by atoms with van der Waals surface area (Å²) < 4.78 is 11.1. The monoisotopic (exact) mass is 442 g/mol. The second kappa shape index (κ2) is 5.45. The Kier molecular flexibility index (Phi) is 3.68. The number of hydrogen-bond acceptors (Lipinski definition) is 7. The number of cyclic esters (lactones) is 2.